The van der Waals surface area contributed by atoms with Gasteiger partial charge in [-0.1, -0.05) is 55.0 Å². The molecule has 4 heteroatoms. The molecule has 0 fully saturated rings. The van der Waals surface area contributed by atoms with Crippen LogP contribution in [0.5, 0.6) is 0 Å². The van der Waals surface area contributed by atoms with Crippen molar-refractivity contribution in [2.75, 3.05) is 11.9 Å². The van der Waals surface area contributed by atoms with E-state index >= 15 is 0 Å². The van der Waals surface area contributed by atoms with Crippen molar-refractivity contribution in [1.29, 1.82) is 0 Å². The van der Waals surface area contributed by atoms with E-state index in [-0.39, 0.29) is 24.4 Å². The molecule has 0 aliphatic rings. The predicted octanol–water partition coefficient (Wildman–Crippen LogP) is 3.98. The zero-order valence-electron chi connectivity index (χ0n) is 14.3. The van der Waals surface area contributed by atoms with Crippen LogP contribution in [0.4, 0.5) is 5.69 Å². The summed E-state index contributed by atoms with van der Waals surface area (Å²) in [5, 5.41) is 2.77. The molecule has 0 saturated carbocycles. The normalized spacial score (nSPS) is 11.6. The molecule has 0 radical (unpaired) electrons. The van der Waals surface area contributed by atoms with Gasteiger partial charge in [0, 0.05) is 5.69 Å². The van der Waals surface area contributed by atoms with Crippen molar-refractivity contribution < 1.29 is 14.3 Å². The number of rotatable bonds is 6. The number of anilines is 1. The summed E-state index contributed by atoms with van der Waals surface area (Å²) >= 11 is 0. The largest absolute Gasteiger partial charge is 0.455 e. The van der Waals surface area contributed by atoms with Crippen molar-refractivity contribution in [1.82, 2.24) is 0 Å². The van der Waals surface area contributed by atoms with Crippen LogP contribution in [0.25, 0.3) is 0 Å². The molecule has 0 bridgehead atoms. The molecule has 1 N–H and O–H groups in total. The number of esters is 1. The molecule has 1 amide bonds. The van der Waals surface area contributed by atoms with E-state index in [0.717, 1.165) is 22.4 Å². The smallest absolute Gasteiger partial charge is 0.313 e. The van der Waals surface area contributed by atoms with Crippen LogP contribution in [0.2, 0.25) is 0 Å². The molecule has 0 heterocycles. The zero-order chi connectivity index (χ0) is 17.5. The third-order valence-corrected chi connectivity index (χ3v) is 3.90. The number of carbonyl (C=O) groups excluding carboxylic acids is 2. The number of ether oxygens (including phenoxy) is 1. The Morgan fingerprint density at radius 2 is 1.79 bits per heavy atom. The minimum absolute atomic E-state index is 0.282. The molecular formula is C20H23NO3. The lowest BCUT2D eigenvalue weighted by atomic mass is 9.97. The second-order valence-electron chi connectivity index (χ2n) is 5.85. The second-order valence-corrected chi connectivity index (χ2v) is 5.85. The number of aryl methyl sites for hydroxylation is 2. The maximum atomic E-state index is 12.2. The molecule has 2 rings (SSSR count). The van der Waals surface area contributed by atoms with Gasteiger partial charge in [-0.15, -0.1) is 0 Å². The van der Waals surface area contributed by atoms with E-state index < -0.39 is 0 Å². The third kappa shape index (κ3) is 4.69. The molecule has 24 heavy (non-hydrogen) atoms. The van der Waals surface area contributed by atoms with Gasteiger partial charge in [0.1, 0.15) is 0 Å². The van der Waals surface area contributed by atoms with Crippen LogP contribution in [0, 0.1) is 13.8 Å². The van der Waals surface area contributed by atoms with E-state index in [4.69, 9.17) is 4.74 Å². The van der Waals surface area contributed by atoms with Gasteiger partial charge in [0.05, 0.1) is 5.92 Å². The highest BCUT2D eigenvalue weighted by Gasteiger charge is 2.21. The van der Waals surface area contributed by atoms with Crippen LogP contribution >= 0.6 is 0 Å². The fourth-order valence-corrected chi connectivity index (χ4v) is 2.60. The maximum Gasteiger partial charge on any atom is 0.313 e. The Hall–Kier alpha value is -2.62. The van der Waals surface area contributed by atoms with Gasteiger partial charge in [0.15, 0.2) is 6.61 Å². The molecule has 1 atom stereocenters. The van der Waals surface area contributed by atoms with E-state index in [1.165, 1.54) is 0 Å². The van der Waals surface area contributed by atoms with Crippen LogP contribution in [0.3, 0.4) is 0 Å². The highest BCUT2D eigenvalue weighted by molar-refractivity contribution is 5.93. The van der Waals surface area contributed by atoms with Gasteiger partial charge in [-0.2, -0.15) is 0 Å². The fraction of sp³-hybridized carbons (Fsp3) is 0.300. The SMILES string of the molecule is CC[C@@H](C(=O)OCC(=O)Nc1ccc(C)cc1C)c1ccccc1. The molecule has 0 spiro atoms. The van der Waals surface area contributed by atoms with Crippen molar-refractivity contribution in [2.45, 2.75) is 33.1 Å². The number of benzene rings is 2. The molecule has 0 unspecified atom stereocenters. The van der Waals surface area contributed by atoms with Gasteiger partial charge in [-0.3, -0.25) is 9.59 Å². The minimum atomic E-state index is -0.375. The second kappa shape index (κ2) is 8.29. The molecule has 0 aliphatic heterocycles. The fourth-order valence-electron chi connectivity index (χ4n) is 2.60. The summed E-state index contributed by atoms with van der Waals surface area (Å²) in [6.45, 7) is 5.57. The molecule has 0 aliphatic carbocycles. The molecule has 2 aromatic carbocycles. The highest BCUT2D eigenvalue weighted by atomic mass is 16.5. The molecule has 4 nitrogen and oxygen atoms in total. The molecule has 0 saturated heterocycles. The quantitative estimate of drug-likeness (QED) is 0.817. The summed E-state index contributed by atoms with van der Waals surface area (Å²) in [4.78, 5) is 24.3. The van der Waals surface area contributed by atoms with Gasteiger partial charge >= 0.3 is 5.97 Å². The lowest BCUT2D eigenvalue weighted by Crippen LogP contribution is -2.24. The van der Waals surface area contributed by atoms with Gasteiger partial charge in [-0.25, -0.2) is 0 Å². The van der Waals surface area contributed by atoms with E-state index in [9.17, 15) is 9.59 Å². The highest BCUT2D eigenvalue weighted by Crippen LogP contribution is 2.21. The number of hydrogen-bond acceptors (Lipinski definition) is 3. The van der Waals surface area contributed by atoms with Crippen molar-refractivity contribution >= 4 is 17.6 Å². The first kappa shape index (κ1) is 17.7. The van der Waals surface area contributed by atoms with Gasteiger partial charge < -0.3 is 10.1 Å². The lowest BCUT2D eigenvalue weighted by molar-refractivity contribution is -0.149. The summed E-state index contributed by atoms with van der Waals surface area (Å²) in [5.41, 5.74) is 3.74. The van der Waals surface area contributed by atoms with Crippen molar-refractivity contribution in [3.05, 3.63) is 65.2 Å². The first-order valence-corrected chi connectivity index (χ1v) is 8.10. The summed E-state index contributed by atoms with van der Waals surface area (Å²) in [6, 6.07) is 15.2. The Kier molecular flexibility index (Phi) is 6.13. The topological polar surface area (TPSA) is 55.4 Å². The molecular weight excluding hydrogens is 302 g/mol. The summed E-state index contributed by atoms with van der Waals surface area (Å²) in [7, 11) is 0. The zero-order valence-corrected chi connectivity index (χ0v) is 14.3. The summed E-state index contributed by atoms with van der Waals surface area (Å²) in [6.07, 6.45) is 0.627. The summed E-state index contributed by atoms with van der Waals surface area (Å²) < 4.78 is 5.20. The van der Waals surface area contributed by atoms with Crippen molar-refractivity contribution in [3.63, 3.8) is 0 Å². The van der Waals surface area contributed by atoms with Crippen LogP contribution < -0.4 is 5.32 Å². The van der Waals surface area contributed by atoms with Gasteiger partial charge in [0.2, 0.25) is 0 Å². The Morgan fingerprint density at radius 1 is 1.08 bits per heavy atom. The van der Waals surface area contributed by atoms with Crippen LogP contribution in [-0.4, -0.2) is 18.5 Å². The van der Waals surface area contributed by atoms with E-state index in [1.807, 2.05) is 69.3 Å². The van der Waals surface area contributed by atoms with E-state index in [1.54, 1.807) is 0 Å². The number of nitrogens with one attached hydrogen (secondary N) is 1. The Labute approximate surface area is 142 Å². The average Bonchev–Trinajstić information content (AvgIpc) is 2.57. The number of hydrogen-bond donors (Lipinski definition) is 1. The number of amides is 1. The Morgan fingerprint density at radius 3 is 2.42 bits per heavy atom. The van der Waals surface area contributed by atoms with Crippen LogP contribution in [0.15, 0.2) is 48.5 Å². The third-order valence-electron chi connectivity index (χ3n) is 3.90. The average molecular weight is 325 g/mol. The molecule has 126 valence electrons. The molecule has 2 aromatic rings. The van der Waals surface area contributed by atoms with Gasteiger partial charge in [-0.05, 0) is 37.5 Å². The number of carbonyl (C=O) groups is 2. The van der Waals surface area contributed by atoms with Crippen molar-refractivity contribution in [2.24, 2.45) is 0 Å². The lowest BCUT2D eigenvalue weighted by Gasteiger charge is -2.15. The van der Waals surface area contributed by atoms with E-state index in [0.29, 0.717) is 6.42 Å². The van der Waals surface area contributed by atoms with E-state index in [2.05, 4.69) is 5.32 Å². The Bertz CT molecular complexity index is 710. The van der Waals surface area contributed by atoms with Gasteiger partial charge in [0.25, 0.3) is 5.91 Å². The first-order chi connectivity index (χ1) is 11.5. The monoisotopic (exact) mass is 325 g/mol. The standard InChI is InChI=1S/C20H23NO3/c1-4-17(16-8-6-5-7-9-16)20(23)24-13-19(22)21-18-11-10-14(2)12-15(18)3/h5-12,17H,4,13H2,1-3H3,(H,21,22)/t17-/m1/s1. The first-order valence-electron chi connectivity index (χ1n) is 8.10. The Balaban J connectivity index is 1.92. The van der Waals surface area contributed by atoms with Crippen LogP contribution in [-0.2, 0) is 14.3 Å². The minimum Gasteiger partial charge on any atom is -0.455 e. The van der Waals surface area contributed by atoms with Crippen LogP contribution in [0.1, 0.15) is 36.0 Å². The molecule has 0 aromatic heterocycles. The summed E-state index contributed by atoms with van der Waals surface area (Å²) in [5.74, 6) is -1.06. The maximum absolute atomic E-state index is 12.2. The van der Waals surface area contributed by atoms with Crippen molar-refractivity contribution in [3.8, 4) is 0 Å². The predicted molar refractivity (Wildman–Crippen MR) is 95.0 cm³/mol.